The molecule has 1 aromatic rings. The zero-order valence-electron chi connectivity index (χ0n) is 5.91. The minimum absolute atomic E-state index is 0.134. The SMILES string of the molecule is [NH]CC1Oc2ccccc2O1. The van der Waals surface area contributed by atoms with Gasteiger partial charge < -0.3 is 9.47 Å². The molecule has 0 fully saturated rings. The normalized spacial score (nSPS) is 15.4. The molecule has 1 N–H and O–H groups in total. The lowest BCUT2D eigenvalue weighted by atomic mass is 10.3. The van der Waals surface area contributed by atoms with E-state index < -0.39 is 6.29 Å². The number of hydrogen-bond acceptors (Lipinski definition) is 2. The third kappa shape index (κ3) is 1.03. The van der Waals surface area contributed by atoms with Crippen LogP contribution in [0.15, 0.2) is 24.3 Å². The molecule has 0 saturated carbocycles. The van der Waals surface area contributed by atoms with Gasteiger partial charge in [-0.05, 0) is 12.1 Å². The van der Waals surface area contributed by atoms with Gasteiger partial charge in [0.15, 0.2) is 11.5 Å². The van der Waals surface area contributed by atoms with Crippen molar-refractivity contribution < 1.29 is 9.47 Å². The van der Waals surface area contributed by atoms with Crippen molar-refractivity contribution in [3.8, 4) is 11.5 Å². The summed E-state index contributed by atoms with van der Waals surface area (Å²) in [6, 6.07) is 7.44. The number of rotatable bonds is 1. The highest BCUT2D eigenvalue weighted by Crippen LogP contribution is 2.33. The van der Waals surface area contributed by atoms with Crippen molar-refractivity contribution in [2.45, 2.75) is 6.29 Å². The van der Waals surface area contributed by atoms with Crippen LogP contribution in [0.3, 0.4) is 0 Å². The van der Waals surface area contributed by atoms with Gasteiger partial charge in [0.05, 0.1) is 6.54 Å². The predicted molar refractivity (Wildman–Crippen MR) is 39.4 cm³/mol. The molecule has 0 bridgehead atoms. The highest BCUT2D eigenvalue weighted by Gasteiger charge is 2.21. The Bertz CT molecular complexity index is 237. The molecule has 3 nitrogen and oxygen atoms in total. The lowest BCUT2D eigenvalue weighted by Crippen LogP contribution is -2.23. The lowest BCUT2D eigenvalue weighted by Gasteiger charge is -2.04. The molecule has 1 aromatic carbocycles. The van der Waals surface area contributed by atoms with Gasteiger partial charge in [0.2, 0.25) is 0 Å². The molecule has 1 aliphatic rings. The molecule has 0 aliphatic carbocycles. The second-order valence-electron chi connectivity index (χ2n) is 2.32. The summed E-state index contributed by atoms with van der Waals surface area (Å²) in [7, 11) is 0. The van der Waals surface area contributed by atoms with Crippen LogP contribution < -0.4 is 15.2 Å². The lowest BCUT2D eigenvalue weighted by molar-refractivity contribution is 0.0566. The Morgan fingerprint density at radius 2 is 1.73 bits per heavy atom. The number of hydrogen-bond donors (Lipinski definition) is 0. The average Bonchev–Trinajstić information content (AvgIpc) is 2.46. The summed E-state index contributed by atoms with van der Waals surface area (Å²) < 4.78 is 10.5. The topological polar surface area (TPSA) is 42.3 Å². The first kappa shape index (κ1) is 6.49. The van der Waals surface area contributed by atoms with E-state index in [2.05, 4.69) is 0 Å². The molecule has 0 saturated heterocycles. The summed E-state index contributed by atoms with van der Waals surface area (Å²) in [4.78, 5) is 0. The molecular formula is C8H8NO2. The molecule has 3 heteroatoms. The van der Waals surface area contributed by atoms with Gasteiger partial charge in [0.1, 0.15) is 0 Å². The molecule has 1 radical (unpaired) electrons. The van der Waals surface area contributed by atoms with E-state index in [0.717, 1.165) is 11.5 Å². The molecule has 0 aromatic heterocycles. The van der Waals surface area contributed by atoms with E-state index in [0.29, 0.717) is 0 Å². The maximum atomic E-state index is 7.03. The Hall–Kier alpha value is -1.22. The Morgan fingerprint density at radius 3 is 2.18 bits per heavy atom. The third-order valence-electron chi connectivity index (χ3n) is 1.53. The van der Waals surface area contributed by atoms with Crippen LogP contribution in [0, 0.1) is 0 Å². The van der Waals surface area contributed by atoms with Gasteiger partial charge in [-0.15, -0.1) is 0 Å². The van der Waals surface area contributed by atoms with E-state index in [1.807, 2.05) is 24.3 Å². The standard InChI is InChI=1S/C8H8NO2/c9-5-8-10-6-3-1-2-4-7(6)11-8/h1-4,8-9H,5H2. The Kier molecular flexibility index (Phi) is 1.43. The fourth-order valence-electron chi connectivity index (χ4n) is 1.04. The number of ether oxygens (including phenoxy) is 2. The van der Waals surface area contributed by atoms with Gasteiger partial charge in [-0.2, -0.15) is 0 Å². The van der Waals surface area contributed by atoms with Gasteiger partial charge in [0.25, 0.3) is 6.29 Å². The smallest absolute Gasteiger partial charge is 0.255 e. The summed E-state index contributed by atoms with van der Waals surface area (Å²) in [5, 5.41) is 0. The number of benzene rings is 1. The predicted octanol–water partition coefficient (Wildman–Crippen LogP) is 1.07. The van der Waals surface area contributed by atoms with Crippen molar-refractivity contribution in [2.75, 3.05) is 6.54 Å². The fourth-order valence-corrected chi connectivity index (χ4v) is 1.04. The summed E-state index contributed by atoms with van der Waals surface area (Å²) in [6.07, 6.45) is -0.410. The quantitative estimate of drug-likeness (QED) is 0.600. The van der Waals surface area contributed by atoms with Gasteiger partial charge in [0, 0.05) is 0 Å². The number of para-hydroxylation sites is 2. The maximum absolute atomic E-state index is 7.03. The molecule has 0 unspecified atom stereocenters. The Labute approximate surface area is 64.7 Å². The second kappa shape index (κ2) is 2.43. The van der Waals surface area contributed by atoms with Gasteiger partial charge in [-0.3, -0.25) is 5.73 Å². The van der Waals surface area contributed by atoms with E-state index in [1.165, 1.54) is 0 Å². The fraction of sp³-hybridized carbons (Fsp3) is 0.250. The molecule has 1 heterocycles. The van der Waals surface area contributed by atoms with E-state index in [9.17, 15) is 0 Å². The molecule has 1 aliphatic heterocycles. The molecule has 0 spiro atoms. The van der Waals surface area contributed by atoms with Crippen LogP contribution in [0.2, 0.25) is 0 Å². The summed E-state index contributed by atoms with van der Waals surface area (Å²) in [6.45, 7) is 0.134. The second-order valence-corrected chi connectivity index (χ2v) is 2.32. The first-order valence-corrected chi connectivity index (χ1v) is 3.47. The van der Waals surface area contributed by atoms with Crippen LogP contribution in [0.5, 0.6) is 11.5 Å². The largest absolute Gasteiger partial charge is 0.450 e. The van der Waals surface area contributed by atoms with Crippen molar-refractivity contribution in [3.63, 3.8) is 0 Å². The minimum atomic E-state index is -0.410. The highest BCUT2D eigenvalue weighted by molar-refractivity contribution is 5.41. The van der Waals surface area contributed by atoms with Crippen LogP contribution in [0.4, 0.5) is 0 Å². The summed E-state index contributed by atoms with van der Waals surface area (Å²) >= 11 is 0. The molecule has 2 rings (SSSR count). The van der Waals surface area contributed by atoms with Crippen molar-refractivity contribution >= 4 is 0 Å². The van der Waals surface area contributed by atoms with E-state index >= 15 is 0 Å². The molecule has 0 atom stereocenters. The monoisotopic (exact) mass is 150 g/mol. The van der Waals surface area contributed by atoms with Crippen molar-refractivity contribution in [3.05, 3.63) is 24.3 Å². The maximum Gasteiger partial charge on any atom is 0.255 e. The Balaban J connectivity index is 2.27. The van der Waals surface area contributed by atoms with Crippen LogP contribution in [0.25, 0.3) is 0 Å². The summed E-state index contributed by atoms with van der Waals surface area (Å²) in [5.74, 6) is 1.48. The zero-order valence-corrected chi connectivity index (χ0v) is 5.91. The number of nitrogens with one attached hydrogen (secondary N) is 1. The highest BCUT2D eigenvalue weighted by atomic mass is 16.7. The molecule has 0 amide bonds. The Morgan fingerprint density at radius 1 is 1.18 bits per heavy atom. The van der Waals surface area contributed by atoms with Gasteiger partial charge in [-0.1, -0.05) is 12.1 Å². The van der Waals surface area contributed by atoms with Crippen LogP contribution in [-0.4, -0.2) is 12.8 Å². The average molecular weight is 150 g/mol. The van der Waals surface area contributed by atoms with Crippen LogP contribution in [0.1, 0.15) is 0 Å². The third-order valence-corrected chi connectivity index (χ3v) is 1.53. The first-order valence-electron chi connectivity index (χ1n) is 3.47. The van der Waals surface area contributed by atoms with Crippen molar-refractivity contribution in [1.29, 1.82) is 0 Å². The van der Waals surface area contributed by atoms with Crippen molar-refractivity contribution in [2.24, 2.45) is 0 Å². The molecule has 11 heavy (non-hydrogen) atoms. The van der Waals surface area contributed by atoms with E-state index in [1.54, 1.807) is 0 Å². The minimum Gasteiger partial charge on any atom is -0.450 e. The van der Waals surface area contributed by atoms with Crippen LogP contribution in [-0.2, 0) is 0 Å². The molecular weight excluding hydrogens is 142 g/mol. The van der Waals surface area contributed by atoms with E-state index in [-0.39, 0.29) is 6.54 Å². The molecule has 57 valence electrons. The van der Waals surface area contributed by atoms with Crippen LogP contribution >= 0.6 is 0 Å². The number of fused-ring (bicyclic) bond motifs is 1. The summed E-state index contributed by atoms with van der Waals surface area (Å²) in [5.41, 5.74) is 7.03. The first-order chi connectivity index (χ1) is 5.40. The van der Waals surface area contributed by atoms with Gasteiger partial charge in [-0.25, -0.2) is 0 Å². The van der Waals surface area contributed by atoms with Gasteiger partial charge >= 0.3 is 0 Å². The zero-order chi connectivity index (χ0) is 7.68. The van der Waals surface area contributed by atoms with E-state index in [4.69, 9.17) is 15.2 Å². The van der Waals surface area contributed by atoms with Crippen molar-refractivity contribution in [1.82, 2.24) is 5.73 Å².